The summed E-state index contributed by atoms with van der Waals surface area (Å²) in [7, 11) is 0. The number of aromatic hydroxyl groups is 1. The number of hydrogen-bond donors (Lipinski definition) is 3. The number of fused-ring (bicyclic) bond motifs is 2. The highest BCUT2D eigenvalue weighted by Crippen LogP contribution is 2.40. The first kappa shape index (κ1) is 17.9. The fourth-order valence-electron chi connectivity index (χ4n) is 4.18. The molecule has 2 atom stereocenters. The number of benzene rings is 2. The van der Waals surface area contributed by atoms with Gasteiger partial charge in [-0.1, -0.05) is 38.3 Å². The average Bonchev–Trinajstić information content (AvgIpc) is 3.11. The zero-order chi connectivity index (χ0) is 19.1. The molecule has 3 N–H and O–H groups in total. The lowest BCUT2D eigenvalue weighted by atomic mass is 9.91. The van der Waals surface area contributed by atoms with Gasteiger partial charge in [0.25, 0.3) is 5.91 Å². The number of carbonyl (C=O) groups is 1. The molecule has 1 amide bonds. The largest absolute Gasteiger partial charge is 0.508 e. The van der Waals surface area contributed by atoms with Crippen molar-refractivity contribution in [2.75, 3.05) is 0 Å². The van der Waals surface area contributed by atoms with Gasteiger partial charge in [-0.25, -0.2) is 0 Å². The number of aromatic nitrogens is 1. The molecular weight excluding hydrogens is 360 g/mol. The molecule has 3 aromatic rings. The highest BCUT2D eigenvalue weighted by Gasteiger charge is 2.33. The number of halogens is 1. The molecule has 0 saturated carbocycles. The minimum Gasteiger partial charge on any atom is -0.508 e. The fraction of sp³-hybridized carbons (Fsp3) is 0.318. The average molecular weight is 383 g/mol. The van der Waals surface area contributed by atoms with Gasteiger partial charge in [-0.3, -0.25) is 4.79 Å². The number of phenolic OH excluding ortho intramolecular Hbond substituents is 1. The maximum atomic E-state index is 12.5. The van der Waals surface area contributed by atoms with Gasteiger partial charge in [-0.05, 0) is 54.3 Å². The molecule has 2 unspecified atom stereocenters. The Morgan fingerprint density at radius 1 is 1.22 bits per heavy atom. The third-order valence-electron chi connectivity index (χ3n) is 5.37. The number of carbonyl (C=O) groups excluding carboxylic acids is 1. The number of phenols is 1. The SMILES string of the molecule is CCCC(C)Cc1[nH]c2ccc(Cl)cc2c1C1NC(=O)c2ccc(O)cc21. The molecule has 4 nitrogen and oxygen atoms in total. The van der Waals surface area contributed by atoms with Gasteiger partial charge in [-0.2, -0.15) is 0 Å². The van der Waals surface area contributed by atoms with Crippen LogP contribution in [0.2, 0.25) is 5.02 Å². The summed E-state index contributed by atoms with van der Waals surface area (Å²) in [6, 6.07) is 10.4. The number of rotatable bonds is 5. The summed E-state index contributed by atoms with van der Waals surface area (Å²) in [4.78, 5) is 16.0. The molecular formula is C22H23ClN2O2. The summed E-state index contributed by atoms with van der Waals surface area (Å²) >= 11 is 6.27. The first-order valence-electron chi connectivity index (χ1n) is 9.41. The summed E-state index contributed by atoms with van der Waals surface area (Å²) in [5.74, 6) is 0.575. The van der Waals surface area contributed by atoms with E-state index in [-0.39, 0.29) is 17.7 Å². The molecule has 0 spiro atoms. The summed E-state index contributed by atoms with van der Waals surface area (Å²) in [5.41, 5.74) is 4.60. The van der Waals surface area contributed by atoms with E-state index < -0.39 is 0 Å². The molecule has 2 aromatic carbocycles. The molecule has 4 rings (SSSR count). The normalized spacial score (nSPS) is 17.1. The molecule has 0 fully saturated rings. The van der Waals surface area contributed by atoms with E-state index in [2.05, 4.69) is 24.1 Å². The standard InChI is InChI=1S/C22H23ClN2O2/c1-3-4-12(2)9-19-20(17-10-13(23)5-8-18(17)24-19)21-16-11-14(26)6-7-15(16)22(27)25-21/h5-8,10-12,21,24,26H,3-4,9H2,1-2H3,(H,25,27). The molecule has 27 heavy (non-hydrogen) atoms. The van der Waals surface area contributed by atoms with Gasteiger partial charge in [-0.15, -0.1) is 0 Å². The Bertz CT molecular complexity index is 1020. The second-order valence-corrected chi connectivity index (χ2v) is 7.92. The summed E-state index contributed by atoms with van der Waals surface area (Å²) in [6.07, 6.45) is 3.18. The van der Waals surface area contributed by atoms with Crippen LogP contribution in [-0.4, -0.2) is 16.0 Å². The van der Waals surface area contributed by atoms with E-state index in [4.69, 9.17) is 11.6 Å². The second-order valence-electron chi connectivity index (χ2n) is 7.48. The molecule has 1 aromatic heterocycles. The summed E-state index contributed by atoms with van der Waals surface area (Å²) < 4.78 is 0. The third kappa shape index (κ3) is 3.19. The van der Waals surface area contributed by atoms with E-state index in [1.165, 1.54) is 0 Å². The van der Waals surface area contributed by atoms with Crippen LogP contribution in [0.5, 0.6) is 5.75 Å². The van der Waals surface area contributed by atoms with Crippen molar-refractivity contribution in [3.05, 3.63) is 63.8 Å². The minimum absolute atomic E-state index is 0.112. The van der Waals surface area contributed by atoms with Gasteiger partial charge in [0.05, 0.1) is 6.04 Å². The van der Waals surface area contributed by atoms with Crippen molar-refractivity contribution in [3.8, 4) is 5.75 Å². The van der Waals surface area contributed by atoms with E-state index in [1.807, 2.05) is 18.2 Å². The van der Waals surface area contributed by atoms with Crippen LogP contribution >= 0.6 is 11.6 Å². The van der Waals surface area contributed by atoms with Gasteiger partial charge in [0.2, 0.25) is 0 Å². The van der Waals surface area contributed by atoms with Crippen LogP contribution in [0.3, 0.4) is 0 Å². The fourth-order valence-corrected chi connectivity index (χ4v) is 4.36. The Morgan fingerprint density at radius 3 is 2.81 bits per heavy atom. The van der Waals surface area contributed by atoms with Crippen molar-refractivity contribution in [1.29, 1.82) is 0 Å². The van der Waals surface area contributed by atoms with E-state index in [0.717, 1.165) is 47.0 Å². The van der Waals surface area contributed by atoms with Gasteiger partial charge < -0.3 is 15.4 Å². The first-order valence-corrected chi connectivity index (χ1v) is 9.79. The van der Waals surface area contributed by atoms with Crippen LogP contribution < -0.4 is 5.32 Å². The Hall–Kier alpha value is -2.46. The Balaban J connectivity index is 1.89. The minimum atomic E-state index is -0.296. The van der Waals surface area contributed by atoms with Crippen LogP contribution in [0.1, 0.15) is 59.9 Å². The Morgan fingerprint density at radius 2 is 2.04 bits per heavy atom. The van der Waals surface area contributed by atoms with Crippen LogP contribution in [0.15, 0.2) is 36.4 Å². The van der Waals surface area contributed by atoms with Gasteiger partial charge in [0, 0.05) is 32.7 Å². The third-order valence-corrected chi connectivity index (χ3v) is 5.61. The highest BCUT2D eigenvalue weighted by molar-refractivity contribution is 6.31. The predicted octanol–water partition coefficient (Wildman–Crippen LogP) is 5.34. The van der Waals surface area contributed by atoms with Crippen molar-refractivity contribution in [2.24, 2.45) is 5.92 Å². The zero-order valence-corrected chi connectivity index (χ0v) is 16.2. The summed E-state index contributed by atoms with van der Waals surface area (Å²) in [5, 5.41) is 14.7. The highest BCUT2D eigenvalue weighted by atomic mass is 35.5. The lowest BCUT2D eigenvalue weighted by molar-refractivity contribution is 0.0960. The lowest BCUT2D eigenvalue weighted by Crippen LogP contribution is -2.21. The van der Waals surface area contributed by atoms with Crippen molar-refractivity contribution in [1.82, 2.24) is 10.3 Å². The van der Waals surface area contributed by atoms with Crippen LogP contribution in [0.4, 0.5) is 0 Å². The van der Waals surface area contributed by atoms with Gasteiger partial charge in [0.15, 0.2) is 0 Å². The topological polar surface area (TPSA) is 65.1 Å². The van der Waals surface area contributed by atoms with Crippen LogP contribution in [-0.2, 0) is 6.42 Å². The number of H-pyrrole nitrogens is 1. The lowest BCUT2D eigenvalue weighted by Gasteiger charge is -2.17. The summed E-state index contributed by atoms with van der Waals surface area (Å²) in [6.45, 7) is 4.44. The first-order chi connectivity index (χ1) is 13.0. The maximum absolute atomic E-state index is 12.5. The van der Waals surface area contributed by atoms with E-state index >= 15 is 0 Å². The van der Waals surface area contributed by atoms with Crippen LogP contribution in [0, 0.1) is 5.92 Å². The van der Waals surface area contributed by atoms with Crippen molar-refractivity contribution in [3.63, 3.8) is 0 Å². The molecule has 1 aliphatic heterocycles. The zero-order valence-electron chi connectivity index (χ0n) is 15.5. The van der Waals surface area contributed by atoms with E-state index in [1.54, 1.807) is 18.2 Å². The molecule has 0 bridgehead atoms. The molecule has 5 heteroatoms. The van der Waals surface area contributed by atoms with Crippen molar-refractivity contribution in [2.45, 2.75) is 39.2 Å². The smallest absolute Gasteiger partial charge is 0.252 e. The van der Waals surface area contributed by atoms with Crippen molar-refractivity contribution >= 4 is 28.4 Å². The van der Waals surface area contributed by atoms with Gasteiger partial charge in [0.1, 0.15) is 5.75 Å². The molecule has 1 aliphatic rings. The number of amides is 1. The number of aromatic amines is 1. The molecule has 0 radical (unpaired) electrons. The number of nitrogens with one attached hydrogen (secondary N) is 2. The number of hydrogen-bond acceptors (Lipinski definition) is 2. The maximum Gasteiger partial charge on any atom is 0.252 e. The quantitative estimate of drug-likeness (QED) is 0.557. The van der Waals surface area contributed by atoms with Gasteiger partial charge >= 0.3 is 0 Å². The molecule has 0 saturated heterocycles. The van der Waals surface area contributed by atoms with Crippen LogP contribution in [0.25, 0.3) is 10.9 Å². The Kier molecular flexibility index (Phi) is 4.60. The molecule has 0 aliphatic carbocycles. The van der Waals surface area contributed by atoms with E-state index in [9.17, 15) is 9.90 Å². The van der Waals surface area contributed by atoms with Crippen molar-refractivity contribution < 1.29 is 9.90 Å². The molecule has 140 valence electrons. The predicted molar refractivity (Wildman–Crippen MR) is 109 cm³/mol. The molecule has 2 heterocycles. The monoisotopic (exact) mass is 382 g/mol. The van der Waals surface area contributed by atoms with E-state index in [0.29, 0.717) is 16.5 Å². The Labute approximate surface area is 163 Å². The second kappa shape index (κ2) is 6.93.